The van der Waals surface area contributed by atoms with Crippen LogP contribution < -0.4 is 5.32 Å². The Balaban J connectivity index is 1.96. The number of carbonyl (C=O) groups is 1. The van der Waals surface area contributed by atoms with Crippen LogP contribution in [-0.4, -0.2) is 5.91 Å². The van der Waals surface area contributed by atoms with Crippen LogP contribution in [0.3, 0.4) is 0 Å². The van der Waals surface area contributed by atoms with Crippen molar-refractivity contribution in [1.82, 2.24) is 0 Å². The number of hydrogen-bond donors (Lipinski definition) is 1. The molecule has 0 bridgehead atoms. The van der Waals surface area contributed by atoms with E-state index in [1.807, 2.05) is 48.5 Å². The number of rotatable bonds is 3. The Bertz CT molecular complexity index is 1030. The smallest absolute Gasteiger partial charge is 0.266 e. The molecule has 0 aliphatic heterocycles. The molecule has 122 valence electrons. The molecule has 0 unspecified atom stereocenters. The number of halogens is 2. The molecule has 3 rings (SSSR count). The summed E-state index contributed by atoms with van der Waals surface area (Å²) in [4.78, 5) is 12.4. The van der Waals surface area contributed by atoms with Gasteiger partial charge in [0.05, 0.1) is 10.7 Å². The second-order valence-corrected chi connectivity index (χ2v) is 6.16. The summed E-state index contributed by atoms with van der Waals surface area (Å²) in [5.74, 6) is -0.542. The number of nitriles is 1. The third kappa shape index (κ3) is 3.83. The van der Waals surface area contributed by atoms with Crippen molar-refractivity contribution in [2.75, 3.05) is 5.32 Å². The van der Waals surface area contributed by atoms with Crippen molar-refractivity contribution >= 4 is 51.6 Å². The van der Waals surface area contributed by atoms with Crippen molar-refractivity contribution in [3.8, 4) is 6.07 Å². The monoisotopic (exact) mass is 366 g/mol. The van der Waals surface area contributed by atoms with Crippen LogP contribution in [-0.2, 0) is 4.79 Å². The molecule has 0 saturated carbocycles. The highest BCUT2D eigenvalue weighted by molar-refractivity contribution is 6.36. The van der Waals surface area contributed by atoms with E-state index < -0.39 is 5.91 Å². The van der Waals surface area contributed by atoms with Gasteiger partial charge in [0.1, 0.15) is 11.6 Å². The zero-order valence-electron chi connectivity index (χ0n) is 13.0. The van der Waals surface area contributed by atoms with Gasteiger partial charge in [-0.25, -0.2) is 0 Å². The van der Waals surface area contributed by atoms with Crippen LogP contribution in [0.2, 0.25) is 10.0 Å². The number of hydrogen-bond acceptors (Lipinski definition) is 2. The van der Waals surface area contributed by atoms with Crippen LogP contribution in [0.1, 0.15) is 5.56 Å². The third-order valence-electron chi connectivity index (χ3n) is 3.66. The van der Waals surface area contributed by atoms with Crippen molar-refractivity contribution < 1.29 is 4.79 Å². The molecular formula is C20H12Cl2N2O. The van der Waals surface area contributed by atoms with Crippen molar-refractivity contribution in [3.05, 3.63) is 81.8 Å². The van der Waals surface area contributed by atoms with Crippen molar-refractivity contribution in [3.63, 3.8) is 0 Å². The topological polar surface area (TPSA) is 52.9 Å². The maximum Gasteiger partial charge on any atom is 0.266 e. The summed E-state index contributed by atoms with van der Waals surface area (Å²) in [6.07, 6.45) is 1.57. The minimum atomic E-state index is -0.542. The van der Waals surface area contributed by atoms with E-state index in [4.69, 9.17) is 23.2 Å². The molecule has 0 saturated heterocycles. The lowest BCUT2D eigenvalue weighted by atomic mass is 10.0. The summed E-state index contributed by atoms with van der Waals surface area (Å²) in [6.45, 7) is 0. The number of benzene rings is 3. The Hall–Kier alpha value is -2.80. The van der Waals surface area contributed by atoms with Crippen LogP contribution >= 0.6 is 23.2 Å². The molecule has 1 amide bonds. The molecular weight excluding hydrogens is 355 g/mol. The predicted octanol–water partition coefficient (Wildman–Crippen LogP) is 5.69. The Morgan fingerprint density at radius 1 is 1.04 bits per heavy atom. The highest BCUT2D eigenvalue weighted by atomic mass is 35.5. The molecule has 0 heterocycles. The molecule has 0 radical (unpaired) electrons. The highest BCUT2D eigenvalue weighted by Gasteiger charge is 2.12. The van der Waals surface area contributed by atoms with Gasteiger partial charge in [0.15, 0.2) is 0 Å². The van der Waals surface area contributed by atoms with Crippen molar-refractivity contribution in [1.29, 1.82) is 5.26 Å². The fraction of sp³-hybridized carbons (Fsp3) is 0. The minimum absolute atomic E-state index is 0.0209. The van der Waals surface area contributed by atoms with E-state index >= 15 is 0 Å². The predicted molar refractivity (Wildman–Crippen MR) is 103 cm³/mol. The quantitative estimate of drug-likeness (QED) is 0.477. The molecule has 0 fully saturated rings. The van der Waals surface area contributed by atoms with Crippen molar-refractivity contribution in [2.24, 2.45) is 0 Å². The average Bonchev–Trinajstić information content (AvgIpc) is 2.62. The minimum Gasteiger partial charge on any atom is -0.320 e. The largest absolute Gasteiger partial charge is 0.320 e. The van der Waals surface area contributed by atoms with Gasteiger partial charge in [-0.05, 0) is 40.6 Å². The molecule has 5 heteroatoms. The fourth-order valence-corrected chi connectivity index (χ4v) is 2.80. The standard InChI is InChI=1S/C20H12Cl2N2O/c21-16-8-9-18(22)19(11-16)24-20(25)15(12-23)10-14-6-3-5-13-4-1-2-7-17(13)14/h1-11H,(H,24,25)/b15-10+. The number of amides is 1. The summed E-state index contributed by atoms with van der Waals surface area (Å²) in [6, 6.07) is 20.2. The van der Waals surface area contributed by atoms with E-state index in [1.54, 1.807) is 18.2 Å². The lowest BCUT2D eigenvalue weighted by Gasteiger charge is -2.07. The first-order chi connectivity index (χ1) is 12.1. The number of carbonyl (C=O) groups excluding carboxylic acids is 1. The van der Waals surface area contributed by atoms with E-state index in [2.05, 4.69) is 5.32 Å². The summed E-state index contributed by atoms with van der Waals surface area (Å²) in [5.41, 5.74) is 1.13. The van der Waals surface area contributed by atoms with Gasteiger partial charge in [-0.1, -0.05) is 65.7 Å². The van der Waals surface area contributed by atoms with Gasteiger partial charge >= 0.3 is 0 Å². The molecule has 3 nitrogen and oxygen atoms in total. The second kappa shape index (κ2) is 7.40. The van der Waals surface area contributed by atoms with E-state index in [-0.39, 0.29) is 5.57 Å². The molecule has 0 atom stereocenters. The third-order valence-corrected chi connectivity index (χ3v) is 4.23. The molecule has 1 N–H and O–H groups in total. The first kappa shape index (κ1) is 17.0. The highest BCUT2D eigenvalue weighted by Crippen LogP contribution is 2.26. The number of anilines is 1. The SMILES string of the molecule is N#C/C(=C\c1cccc2ccccc12)C(=O)Nc1cc(Cl)ccc1Cl. The van der Waals surface area contributed by atoms with Crippen LogP contribution in [0.4, 0.5) is 5.69 Å². The van der Waals surface area contributed by atoms with Crippen molar-refractivity contribution in [2.45, 2.75) is 0 Å². The van der Waals surface area contributed by atoms with Gasteiger partial charge < -0.3 is 5.32 Å². The van der Waals surface area contributed by atoms with Gasteiger partial charge in [-0.2, -0.15) is 5.26 Å². The molecule has 0 aliphatic carbocycles. The Morgan fingerprint density at radius 2 is 1.80 bits per heavy atom. The lowest BCUT2D eigenvalue weighted by molar-refractivity contribution is -0.112. The summed E-state index contributed by atoms with van der Waals surface area (Å²) in [7, 11) is 0. The van der Waals surface area contributed by atoms with Gasteiger partial charge in [-0.15, -0.1) is 0 Å². The number of nitrogens with one attached hydrogen (secondary N) is 1. The van der Waals surface area contributed by atoms with Gasteiger partial charge in [0, 0.05) is 5.02 Å². The second-order valence-electron chi connectivity index (χ2n) is 5.32. The van der Waals surface area contributed by atoms with E-state index in [0.29, 0.717) is 15.7 Å². The van der Waals surface area contributed by atoms with Crippen LogP contribution in [0.25, 0.3) is 16.8 Å². The maximum atomic E-state index is 12.4. The first-order valence-electron chi connectivity index (χ1n) is 7.44. The molecule has 25 heavy (non-hydrogen) atoms. The summed E-state index contributed by atoms with van der Waals surface area (Å²) in [5, 5.41) is 14.8. The first-order valence-corrected chi connectivity index (χ1v) is 8.20. The zero-order valence-corrected chi connectivity index (χ0v) is 14.5. The van der Waals surface area contributed by atoms with Gasteiger partial charge in [0.2, 0.25) is 0 Å². The summed E-state index contributed by atoms with van der Waals surface area (Å²) >= 11 is 12.0. The van der Waals surface area contributed by atoms with E-state index in [1.165, 1.54) is 6.07 Å². The normalized spacial score (nSPS) is 11.2. The number of fused-ring (bicyclic) bond motifs is 1. The molecule has 0 aromatic heterocycles. The Morgan fingerprint density at radius 3 is 2.60 bits per heavy atom. The lowest BCUT2D eigenvalue weighted by Crippen LogP contribution is -2.13. The number of nitrogens with zero attached hydrogens (tertiary/aromatic N) is 1. The molecule has 0 aliphatic rings. The molecule has 3 aromatic rings. The Labute approximate surface area is 155 Å². The maximum absolute atomic E-state index is 12.4. The van der Waals surface area contributed by atoms with Crippen LogP contribution in [0.5, 0.6) is 0 Å². The van der Waals surface area contributed by atoms with Gasteiger partial charge in [-0.3, -0.25) is 4.79 Å². The Kier molecular flexibility index (Phi) is 5.04. The van der Waals surface area contributed by atoms with Crippen LogP contribution in [0.15, 0.2) is 66.2 Å². The fourth-order valence-electron chi connectivity index (χ4n) is 2.46. The van der Waals surface area contributed by atoms with Gasteiger partial charge in [0.25, 0.3) is 5.91 Å². The average molecular weight is 367 g/mol. The summed E-state index contributed by atoms with van der Waals surface area (Å²) < 4.78 is 0. The molecule has 3 aromatic carbocycles. The zero-order chi connectivity index (χ0) is 17.8. The molecule has 0 spiro atoms. The van der Waals surface area contributed by atoms with E-state index in [0.717, 1.165) is 16.3 Å². The van der Waals surface area contributed by atoms with E-state index in [9.17, 15) is 10.1 Å². The van der Waals surface area contributed by atoms with Crippen LogP contribution in [0, 0.1) is 11.3 Å².